The molecule has 0 radical (unpaired) electrons. The van der Waals surface area contributed by atoms with Crippen LogP contribution in [0.5, 0.6) is 0 Å². The lowest BCUT2D eigenvalue weighted by atomic mass is 10.0. The lowest BCUT2D eigenvalue weighted by Crippen LogP contribution is -2.47. The van der Waals surface area contributed by atoms with Crippen molar-refractivity contribution in [3.63, 3.8) is 0 Å². The summed E-state index contributed by atoms with van der Waals surface area (Å²) in [7, 11) is 2.02. The van der Waals surface area contributed by atoms with Crippen LogP contribution in [0.15, 0.2) is 67.0 Å². The molecule has 2 aromatic carbocycles. The zero-order valence-electron chi connectivity index (χ0n) is 25.6. The van der Waals surface area contributed by atoms with E-state index in [0.29, 0.717) is 60.1 Å². The van der Waals surface area contributed by atoms with E-state index in [0.717, 1.165) is 30.8 Å². The summed E-state index contributed by atoms with van der Waals surface area (Å²) in [5, 5.41) is 5.71. The van der Waals surface area contributed by atoms with Gasteiger partial charge in [0.2, 0.25) is 5.95 Å². The number of carbonyl (C=O) groups excluding carboxylic acids is 3. The first-order valence-corrected chi connectivity index (χ1v) is 14.9. The number of alkyl halides is 3. The number of aromatic nitrogens is 3. The van der Waals surface area contributed by atoms with Crippen molar-refractivity contribution in [2.45, 2.75) is 19.5 Å². The van der Waals surface area contributed by atoms with Gasteiger partial charge in [-0.25, -0.2) is 15.0 Å². The molecule has 0 aliphatic carbocycles. The van der Waals surface area contributed by atoms with E-state index in [1.54, 1.807) is 46.3 Å². The van der Waals surface area contributed by atoms with Crippen LogP contribution in [-0.4, -0.2) is 82.2 Å². The van der Waals surface area contributed by atoms with Gasteiger partial charge in [0, 0.05) is 62.3 Å². The summed E-state index contributed by atoms with van der Waals surface area (Å²) < 4.78 is 39.4. The highest BCUT2D eigenvalue weighted by Gasteiger charge is 2.31. The SMILES string of the molecule is Cc1ccc(NC(=O)c2cccc(C(F)(F)F)c2)cc1N1CCc2nc(Nc3ccc(C(=O)N4CCN(C)CC4)nc3)ncc2C1=O. The first-order chi connectivity index (χ1) is 22.5. The number of carbonyl (C=O) groups is 3. The molecule has 0 atom stereocenters. The van der Waals surface area contributed by atoms with Gasteiger partial charge in [-0.2, -0.15) is 13.2 Å². The maximum Gasteiger partial charge on any atom is 0.416 e. The topological polar surface area (TPSA) is 124 Å². The molecule has 4 heterocycles. The zero-order chi connectivity index (χ0) is 33.3. The monoisotopic (exact) mass is 644 g/mol. The summed E-state index contributed by atoms with van der Waals surface area (Å²) in [5.41, 5.74) is 2.40. The van der Waals surface area contributed by atoms with Crippen molar-refractivity contribution in [1.29, 1.82) is 0 Å². The quantitative estimate of drug-likeness (QED) is 0.308. The molecule has 1 saturated heterocycles. The highest BCUT2D eigenvalue weighted by Crippen LogP contribution is 2.31. The van der Waals surface area contributed by atoms with Crippen molar-refractivity contribution in [1.82, 2.24) is 24.8 Å². The Hall–Kier alpha value is -5.37. The maximum atomic E-state index is 13.6. The minimum absolute atomic E-state index is 0.114. The number of hydrogen-bond acceptors (Lipinski definition) is 8. The fourth-order valence-electron chi connectivity index (χ4n) is 5.45. The molecule has 1 fully saturated rings. The number of halogens is 3. The smallest absolute Gasteiger partial charge is 0.335 e. The minimum Gasteiger partial charge on any atom is -0.335 e. The van der Waals surface area contributed by atoms with E-state index >= 15 is 0 Å². The number of piperazine rings is 1. The van der Waals surface area contributed by atoms with Gasteiger partial charge in [-0.1, -0.05) is 12.1 Å². The molecule has 242 valence electrons. The Morgan fingerprint density at radius 2 is 1.66 bits per heavy atom. The predicted octanol–water partition coefficient (Wildman–Crippen LogP) is 4.79. The molecule has 0 unspecified atom stereocenters. The van der Waals surface area contributed by atoms with Crippen molar-refractivity contribution in [3.05, 3.63) is 101 Å². The second-order valence-electron chi connectivity index (χ2n) is 11.4. The van der Waals surface area contributed by atoms with Crippen molar-refractivity contribution in [2.75, 3.05) is 55.3 Å². The summed E-state index contributed by atoms with van der Waals surface area (Å²) in [6, 6.07) is 12.5. The Morgan fingerprint density at radius 3 is 2.38 bits per heavy atom. The van der Waals surface area contributed by atoms with E-state index in [9.17, 15) is 27.6 Å². The molecule has 2 aliphatic rings. The molecule has 3 amide bonds. The Bertz CT molecular complexity index is 1840. The molecular weight excluding hydrogens is 613 g/mol. The lowest BCUT2D eigenvalue weighted by Gasteiger charge is -2.32. The van der Waals surface area contributed by atoms with E-state index in [1.807, 2.05) is 14.0 Å². The standard InChI is InChI=1S/C33H31F3N8O3/c1-20-6-7-23(39-29(45)21-4-3-5-22(16-21)33(34,35)36)17-28(20)44-11-10-26-25(30(44)46)19-38-32(41-26)40-24-8-9-27(37-18-24)31(47)43-14-12-42(2)13-15-43/h3-9,16-19H,10-15H2,1-2H3,(H,39,45)(H,38,40,41). The number of rotatable bonds is 6. The molecule has 2 aromatic heterocycles. The molecule has 4 aromatic rings. The fourth-order valence-corrected chi connectivity index (χ4v) is 5.45. The third-order valence-corrected chi connectivity index (χ3v) is 8.15. The fraction of sp³-hybridized carbons (Fsp3) is 0.273. The molecular formula is C33H31F3N8O3. The number of hydrogen-bond donors (Lipinski definition) is 2. The second-order valence-corrected chi connectivity index (χ2v) is 11.4. The number of likely N-dealkylation sites (N-methyl/N-ethyl adjacent to an activating group) is 1. The predicted molar refractivity (Wildman–Crippen MR) is 169 cm³/mol. The largest absolute Gasteiger partial charge is 0.416 e. The van der Waals surface area contributed by atoms with Crippen LogP contribution in [0.4, 0.5) is 36.2 Å². The van der Waals surface area contributed by atoms with Crippen LogP contribution >= 0.6 is 0 Å². The lowest BCUT2D eigenvalue weighted by molar-refractivity contribution is -0.137. The van der Waals surface area contributed by atoms with Crippen LogP contribution in [0.2, 0.25) is 0 Å². The Labute approximate surface area is 268 Å². The molecule has 47 heavy (non-hydrogen) atoms. The van der Waals surface area contributed by atoms with E-state index in [2.05, 4.69) is 30.5 Å². The number of benzene rings is 2. The van der Waals surface area contributed by atoms with Crippen molar-refractivity contribution >= 4 is 40.7 Å². The van der Waals surface area contributed by atoms with Gasteiger partial charge in [-0.3, -0.25) is 14.4 Å². The third kappa shape index (κ3) is 6.92. The van der Waals surface area contributed by atoms with Gasteiger partial charge in [0.25, 0.3) is 17.7 Å². The van der Waals surface area contributed by atoms with Crippen molar-refractivity contribution < 1.29 is 27.6 Å². The van der Waals surface area contributed by atoms with E-state index < -0.39 is 17.6 Å². The molecule has 0 bridgehead atoms. The van der Waals surface area contributed by atoms with E-state index in [4.69, 9.17) is 0 Å². The van der Waals surface area contributed by atoms with Crippen LogP contribution in [0, 0.1) is 6.92 Å². The number of pyridine rings is 1. The van der Waals surface area contributed by atoms with Crippen molar-refractivity contribution in [3.8, 4) is 0 Å². The van der Waals surface area contributed by atoms with Crippen LogP contribution in [0.3, 0.4) is 0 Å². The summed E-state index contributed by atoms with van der Waals surface area (Å²) in [6.45, 7) is 5.06. The number of nitrogens with one attached hydrogen (secondary N) is 2. The molecule has 11 nitrogen and oxygen atoms in total. The average Bonchev–Trinajstić information content (AvgIpc) is 3.06. The Kier molecular flexibility index (Phi) is 8.60. The van der Waals surface area contributed by atoms with Gasteiger partial charge in [0.1, 0.15) is 5.69 Å². The molecule has 2 aliphatic heterocycles. The molecule has 6 rings (SSSR count). The first-order valence-electron chi connectivity index (χ1n) is 14.9. The molecule has 2 N–H and O–H groups in total. The van der Waals surface area contributed by atoms with Gasteiger partial charge in [-0.05, 0) is 62.0 Å². The van der Waals surface area contributed by atoms with E-state index in [-0.39, 0.29) is 23.3 Å². The van der Waals surface area contributed by atoms with E-state index in [1.165, 1.54) is 18.3 Å². The first kappa shape index (κ1) is 31.6. The van der Waals surface area contributed by atoms with Gasteiger partial charge < -0.3 is 25.3 Å². The van der Waals surface area contributed by atoms with Crippen LogP contribution in [0.25, 0.3) is 0 Å². The van der Waals surface area contributed by atoms with Gasteiger partial charge in [0.05, 0.1) is 28.7 Å². The van der Waals surface area contributed by atoms with Gasteiger partial charge in [-0.15, -0.1) is 0 Å². The second kappa shape index (κ2) is 12.8. The number of amides is 3. The Morgan fingerprint density at radius 1 is 0.894 bits per heavy atom. The normalized spacial score (nSPS) is 15.3. The number of anilines is 4. The molecule has 0 spiro atoms. The third-order valence-electron chi connectivity index (χ3n) is 8.15. The maximum absolute atomic E-state index is 13.6. The number of aryl methyl sites for hydroxylation is 1. The van der Waals surface area contributed by atoms with Gasteiger partial charge >= 0.3 is 6.18 Å². The number of nitrogens with zero attached hydrogens (tertiary/aromatic N) is 6. The summed E-state index contributed by atoms with van der Waals surface area (Å²) >= 11 is 0. The van der Waals surface area contributed by atoms with Gasteiger partial charge in [0.15, 0.2) is 0 Å². The minimum atomic E-state index is -4.58. The highest BCUT2D eigenvalue weighted by molar-refractivity contribution is 6.09. The molecule has 0 saturated carbocycles. The summed E-state index contributed by atoms with van der Waals surface area (Å²) in [6.07, 6.45) is -1.16. The summed E-state index contributed by atoms with van der Waals surface area (Å²) in [5.74, 6) is -0.867. The number of fused-ring (bicyclic) bond motifs is 1. The highest BCUT2D eigenvalue weighted by atomic mass is 19.4. The van der Waals surface area contributed by atoms with Crippen LogP contribution in [0.1, 0.15) is 48.0 Å². The molecule has 14 heteroatoms. The van der Waals surface area contributed by atoms with Crippen molar-refractivity contribution in [2.24, 2.45) is 0 Å². The Balaban J connectivity index is 1.13. The van der Waals surface area contributed by atoms with Crippen LogP contribution < -0.4 is 15.5 Å². The average molecular weight is 645 g/mol. The van der Waals surface area contributed by atoms with Crippen LogP contribution in [-0.2, 0) is 12.6 Å². The zero-order valence-corrected chi connectivity index (χ0v) is 25.6. The summed E-state index contributed by atoms with van der Waals surface area (Å²) in [4.78, 5) is 57.8.